The van der Waals surface area contributed by atoms with E-state index in [0.29, 0.717) is 12.6 Å². The Morgan fingerprint density at radius 2 is 2.11 bits per heavy atom. The smallest absolute Gasteiger partial charge is 0.420 e. The van der Waals surface area contributed by atoms with Crippen LogP contribution in [0.25, 0.3) is 0 Å². The molecule has 0 saturated carbocycles. The van der Waals surface area contributed by atoms with E-state index in [1.165, 1.54) is 0 Å². The predicted molar refractivity (Wildman–Crippen MR) is 57.5 cm³/mol. The van der Waals surface area contributed by atoms with E-state index in [1.807, 2.05) is 0 Å². The molecule has 0 fully saturated rings. The van der Waals surface area contributed by atoms with Gasteiger partial charge >= 0.3 is 6.18 Å². The Labute approximate surface area is 101 Å². The summed E-state index contributed by atoms with van der Waals surface area (Å²) in [6, 6.07) is 2.40. The number of hydrogen-bond acceptors (Lipinski definition) is 4. The maximum absolute atomic E-state index is 12.7. The molecule has 0 bridgehead atoms. The molecule has 0 saturated heterocycles. The highest BCUT2D eigenvalue weighted by atomic mass is 19.4. The van der Waals surface area contributed by atoms with Crippen molar-refractivity contribution in [2.75, 3.05) is 20.2 Å². The fourth-order valence-electron chi connectivity index (χ4n) is 1.24. The van der Waals surface area contributed by atoms with Crippen molar-refractivity contribution < 1.29 is 22.8 Å². The molecule has 1 N–H and O–H groups in total. The SMILES string of the molecule is CNCCOc1ccc([N+](=O)[O-])cc1C(F)(F)F. The number of non-ortho nitro benzene ring substituents is 1. The van der Waals surface area contributed by atoms with Crippen LogP contribution in [0.5, 0.6) is 5.75 Å². The van der Waals surface area contributed by atoms with E-state index in [-0.39, 0.29) is 6.61 Å². The number of nitro groups is 1. The molecule has 18 heavy (non-hydrogen) atoms. The van der Waals surface area contributed by atoms with Gasteiger partial charge in [-0.15, -0.1) is 0 Å². The van der Waals surface area contributed by atoms with Crippen molar-refractivity contribution in [2.24, 2.45) is 0 Å². The van der Waals surface area contributed by atoms with Gasteiger partial charge in [-0.3, -0.25) is 10.1 Å². The van der Waals surface area contributed by atoms with E-state index in [9.17, 15) is 23.3 Å². The Balaban J connectivity index is 3.05. The van der Waals surface area contributed by atoms with Gasteiger partial charge in [-0.25, -0.2) is 0 Å². The average molecular weight is 264 g/mol. The molecule has 0 amide bonds. The lowest BCUT2D eigenvalue weighted by Crippen LogP contribution is -2.17. The van der Waals surface area contributed by atoms with Crippen molar-refractivity contribution in [1.29, 1.82) is 0 Å². The number of ether oxygens (including phenoxy) is 1. The first-order chi connectivity index (χ1) is 8.36. The molecule has 0 aromatic heterocycles. The summed E-state index contributed by atoms with van der Waals surface area (Å²) in [5.74, 6) is -0.414. The van der Waals surface area contributed by atoms with Crippen LogP contribution >= 0.6 is 0 Å². The lowest BCUT2D eigenvalue weighted by molar-refractivity contribution is -0.385. The molecule has 0 unspecified atom stereocenters. The quantitative estimate of drug-likeness (QED) is 0.503. The van der Waals surface area contributed by atoms with Gasteiger partial charge in [0.25, 0.3) is 5.69 Å². The number of alkyl halides is 3. The maximum atomic E-state index is 12.7. The highest BCUT2D eigenvalue weighted by Crippen LogP contribution is 2.38. The summed E-state index contributed by atoms with van der Waals surface area (Å²) < 4.78 is 43.0. The van der Waals surface area contributed by atoms with Gasteiger partial charge in [0.05, 0.1) is 4.92 Å². The number of likely N-dealkylation sites (N-methyl/N-ethyl adjacent to an activating group) is 1. The number of nitro benzene ring substituents is 1. The van der Waals surface area contributed by atoms with E-state index in [1.54, 1.807) is 7.05 Å². The monoisotopic (exact) mass is 264 g/mol. The summed E-state index contributed by atoms with van der Waals surface area (Å²) in [7, 11) is 1.63. The summed E-state index contributed by atoms with van der Waals surface area (Å²) in [5, 5.41) is 13.2. The molecule has 0 heterocycles. The molecule has 0 radical (unpaired) electrons. The Morgan fingerprint density at radius 3 is 2.61 bits per heavy atom. The van der Waals surface area contributed by atoms with Gasteiger partial charge in [0.15, 0.2) is 0 Å². The molecular formula is C10H11F3N2O3. The van der Waals surface area contributed by atoms with Crippen molar-refractivity contribution in [3.63, 3.8) is 0 Å². The van der Waals surface area contributed by atoms with Crippen LogP contribution in [0.2, 0.25) is 0 Å². The van der Waals surface area contributed by atoms with Gasteiger partial charge in [-0.1, -0.05) is 0 Å². The second-order valence-electron chi connectivity index (χ2n) is 3.39. The van der Waals surface area contributed by atoms with E-state index in [4.69, 9.17) is 4.74 Å². The Kier molecular flexibility index (Phi) is 4.49. The minimum Gasteiger partial charge on any atom is -0.492 e. The van der Waals surface area contributed by atoms with Crippen molar-refractivity contribution in [3.8, 4) is 5.75 Å². The van der Waals surface area contributed by atoms with Gasteiger partial charge < -0.3 is 10.1 Å². The molecule has 1 aromatic rings. The van der Waals surface area contributed by atoms with Crippen molar-refractivity contribution in [1.82, 2.24) is 5.32 Å². The van der Waals surface area contributed by atoms with Crippen LogP contribution in [-0.4, -0.2) is 25.1 Å². The molecule has 1 aromatic carbocycles. The second-order valence-corrected chi connectivity index (χ2v) is 3.39. The first-order valence-corrected chi connectivity index (χ1v) is 4.99. The molecular weight excluding hydrogens is 253 g/mol. The average Bonchev–Trinajstić information content (AvgIpc) is 2.28. The maximum Gasteiger partial charge on any atom is 0.420 e. The number of nitrogens with one attached hydrogen (secondary N) is 1. The fourth-order valence-corrected chi connectivity index (χ4v) is 1.24. The van der Waals surface area contributed by atoms with Crippen LogP contribution in [0, 0.1) is 10.1 Å². The van der Waals surface area contributed by atoms with Gasteiger partial charge in [0, 0.05) is 18.7 Å². The highest BCUT2D eigenvalue weighted by Gasteiger charge is 2.36. The Bertz CT molecular complexity index is 435. The minimum atomic E-state index is -4.69. The molecule has 100 valence electrons. The van der Waals surface area contributed by atoms with Crippen molar-refractivity contribution >= 4 is 5.69 Å². The summed E-state index contributed by atoms with van der Waals surface area (Å²) in [5.41, 5.74) is -1.77. The van der Waals surface area contributed by atoms with E-state index in [0.717, 1.165) is 12.1 Å². The van der Waals surface area contributed by atoms with Crippen molar-refractivity contribution in [2.45, 2.75) is 6.18 Å². The third kappa shape index (κ3) is 3.59. The standard InChI is InChI=1S/C10H11F3N2O3/c1-14-4-5-18-9-3-2-7(15(16)17)6-8(9)10(11,12)13/h2-3,6,14H,4-5H2,1H3. The zero-order valence-electron chi connectivity index (χ0n) is 9.45. The molecule has 0 atom stereocenters. The summed E-state index contributed by atoms with van der Waals surface area (Å²) in [6.45, 7) is 0.408. The minimum absolute atomic E-state index is 0.0391. The van der Waals surface area contributed by atoms with E-state index in [2.05, 4.69) is 5.32 Å². The van der Waals surface area contributed by atoms with Gasteiger partial charge in [0.2, 0.25) is 0 Å². The Morgan fingerprint density at radius 1 is 1.44 bits per heavy atom. The Hall–Kier alpha value is -1.83. The first-order valence-electron chi connectivity index (χ1n) is 4.99. The first kappa shape index (κ1) is 14.2. The normalized spacial score (nSPS) is 11.3. The summed E-state index contributed by atoms with van der Waals surface area (Å²) in [4.78, 5) is 9.56. The van der Waals surface area contributed by atoms with Gasteiger partial charge in [-0.2, -0.15) is 13.2 Å². The molecule has 0 aliphatic carbocycles. The topological polar surface area (TPSA) is 64.4 Å². The largest absolute Gasteiger partial charge is 0.492 e. The molecule has 5 nitrogen and oxygen atoms in total. The summed E-state index contributed by atoms with van der Waals surface area (Å²) in [6.07, 6.45) is -4.69. The lowest BCUT2D eigenvalue weighted by Gasteiger charge is -2.13. The number of rotatable bonds is 5. The second kappa shape index (κ2) is 5.67. The lowest BCUT2D eigenvalue weighted by atomic mass is 10.1. The molecule has 0 spiro atoms. The zero-order valence-corrected chi connectivity index (χ0v) is 9.45. The number of hydrogen-bond donors (Lipinski definition) is 1. The van der Waals surface area contributed by atoms with Crippen LogP contribution in [0.15, 0.2) is 18.2 Å². The van der Waals surface area contributed by atoms with Crippen LogP contribution in [0.3, 0.4) is 0 Å². The molecule has 0 aliphatic heterocycles. The number of benzene rings is 1. The zero-order chi connectivity index (χ0) is 13.8. The van der Waals surface area contributed by atoms with Crippen LogP contribution < -0.4 is 10.1 Å². The molecule has 1 rings (SSSR count). The number of halogens is 3. The van der Waals surface area contributed by atoms with E-state index >= 15 is 0 Å². The molecule has 0 aliphatic rings. The predicted octanol–water partition coefficient (Wildman–Crippen LogP) is 2.21. The molecule has 8 heteroatoms. The van der Waals surface area contributed by atoms with Crippen LogP contribution in [-0.2, 0) is 6.18 Å². The summed E-state index contributed by atoms with van der Waals surface area (Å²) >= 11 is 0. The highest BCUT2D eigenvalue weighted by molar-refractivity contribution is 5.45. The third-order valence-corrected chi connectivity index (χ3v) is 2.09. The van der Waals surface area contributed by atoms with Gasteiger partial charge in [0.1, 0.15) is 17.9 Å². The number of nitrogens with zero attached hydrogens (tertiary/aromatic N) is 1. The van der Waals surface area contributed by atoms with E-state index < -0.39 is 28.1 Å². The third-order valence-electron chi connectivity index (χ3n) is 2.09. The van der Waals surface area contributed by atoms with Crippen molar-refractivity contribution in [3.05, 3.63) is 33.9 Å². The van der Waals surface area contributed by atoms with Crippen LogP contribution in [0.1, 0.15) is 5.56 Å². The van der Waals surface area contributed by atoms with Gasteiger partial charge in [-0.05, 0) is 13.1 Å². The van der Waals surface area contributed by atoms with Crippen LogP contribution in [0.4, 0.5) is 18.9 Å². The fraction of sp³-hybridized carbons (Fsp3) is 0.400.